The fraction of sp³-hybridized carbons (Fsp3) is 0.636. The van der Waals surface area contributed by atoms with E-state index in [1.165, 1.54) is 0 Å². The topological polar surface area (TPSA) is 73.5 Å². The van der Waals surface area contributed by atoms with Crippen LogP contribution in [0.25, 0.3) is 0 Å². The minimum atomic E-state index is -0.474. The molecule has 0 unspecified atom stereocenters. The lowest BCUT2D eigenvalue weighted by atomic mass is 10.1. The van der Waals surface area contributed by atoms with Crippen molar-refractivity contribution in [3.63, 3.8) is 0 Å². The van der Waals surface area contributed by atoms with Crippen LogP contribution < -0.4 is 16.0 Å². The van der Waals surface area contributed by atoms with Crippen LogP contribution in [0.3, 0.4) is 0 Å². The number of nitrogens with one attached hydrogen (secondary N) is 3. The predicted octanol–water partition coefficient (Wildman–Crippen LogP) is -0.708. The first-order valence-electron chi connectivity index (χ1n) is 5.80. The molecule has 0 saturated carbocycles. The molecule has 6 nitrogen and oxygen atoms in total. The van der Waals surface area contributed by atoms with E-state index in [-0.39, 0.29) is 12.5 Å². The highest BCUT2D eigenvalue weighted by atomic mass is 16.2. The molecule has 0 aliphatic carbocycles. The van der Waals surface area contributed by atoms with E-state index in [1.54, 1.807) is 6.08 Å². The van der Waals surface area contributed by atoms with Crippen molar-refractivity contribution in [2.75, 3.05) is 32.7 Å². The third-order valence-electron chi connectivity index (χ3n) is 2.69. The zero-order chi connectivity index (χ0) is 12.7. The molecular formula is C11H20N4O2. The molecule has 0 atom stereocenters. The van der Waals surface area contributed by atoms with E-state index in [0.717, 1.165) is 19.6 Å². The number of urea groups is 1. The van der Waals surface area contributed by atoms with Gasteiger partial charge in [0.2, 0.25) is 5.91 Å². The minimum Gasteiger partial charge on any atom is -0.334 e. The molecule has 1 saturated heterocycles. The molecule has 6 heteroatoms. The number of imide groups is 1. The van der Waals surface area contributed by atoms with Gasteiger partial charge in [-0.25, -0.2) is 4.79 Å². The summed E-state index contributed by atoms with van der Waals surface area (Å²) in [4.78, 5) is 24.8. The number of likely N-dealkylation sites (N-methyl/N-ethyl adjacent to an activating group) is 1. The van der Waals surface area contributed by atoms with Crippen molar-refractivity contribution in [3.05, 3.63) is 12.7 Å². The van der Waals surface area contributed by atoms with Crippen LogP contribution in [0.5, 0.6) is 0 Å². The number of carbonyl (C=O) groups excluding carboxylic acids is 2. The second-order valence-corrected chi connectivity index (χ2v) is 3.92. The number of carbonyl (C=O) groups is 2. The summed E-state index contributed by atoms with van der Waals surface area (Å²) in [5.41, 5.74) is 0. The van der Waals surface area contributed by atoms with Crippen LogP contribution in [0.15, 0.2) is 12.7 Å². The molecule has 17 heavy (non-hydrogen) atoms. The van der Waals surface area contributed by atoms with Crippen LogP contribution in [-0.2, 0) is 4.79 Å². The highest BCUT2D eigenvalue weighted by Gasteiger charge is 2.25. The van der Waals surface area contributed by atoms with Gasteiger partial charge in [-0.2, -0.15) is 0 Å². The van der Waals surface area contributed by atoms with Crippen molar-refractivity contribution < 1.29 is 9.59 Å². The first kappa shape index (κ1) is 13.7. The Morgan fingerprint density at radius 2 is 2.24 bits per heavy atom. The summed E-state index contributed by atoms with van der Waals surface area (Å²) in [6.45, 7) is 8.69. The number of nitrogens with zero attached hydrogens (tertiary/aromatic N) is 1. The van der Waals surface area contributed by atoms with Gasteiger partial charge in [0.1, 0.15) is 0 Å². The zero-order valence-electron chi connectivity index (χ0n) is 10.2. The Hall–Kier alpha value is -1.40. The molecule has 96 valence electrons. The van der Waals surface area contributed by atoms with Gasteiger partial charge >= 0.3 is 6.03 Å². The molecule has 0 bridgehead atoms. The first-order valence-corrected chi connectivity index (χ1v) is 5.80. The summed E-state index contributed by atoms with van der Waals surface area (Å²) in [6, 6.07) is -0.0697. The molecule has 1 rings (SSSR count). The van der Waals surface area contributed by atoms with Gasteiger partial charge in [0.15, 0.2) is 0 Å². The standard InChI is InChI=1S/C11H20N4O2/c1-3-5-13-11(17)14-10(16)8-15(4-2)9-6-12-7-9/h3,9,12H,1,4-8H2,2H3,(H2,13,14,16,17). The molecule has 0 aromatic carbocycles. The second-order valence-electron chi connectivity index (χ2n) is 3.92. The molecular weight excluding hydrogens is 220 g/mol. The smallest absolute Gasteiger partial charge is 0.321 e. The van der Waals surface area contributed by atoms with E-state index < -0.39 is 6.03 Å². The number of hydrogen-bond acceptors (Lipinski definition) is 4. The van der Waals surface area contributed by atoms with Gasteiger partial charge < -0.3 is 10.6 Å². The molecule has 1 fully saturated rings. The molecule has 1 aliphatic heterocycles. The third kappa shape index (κ3) is 4.54. The van der Waals surface area contributed by atoms with E-state index in [2.05, 4.69) is 22.5 Å². The molecule has 0 spiro atoms. The van der Waals surface area contributed by atoms with Crippen LogP contribution in [0.1, 0.15) is 6.92 Å². The molecule has 1 heterocycles. The molecule has 3 amide bonds. The van der Waals surface area contributed by atoms with E-state index in [1.807, 2.05) is 11.8 Å². The van der Waals surface area contributed by atoms with Crippen LogP contribution in [0, 0.1) is 0 Å². The van der Waals surface area contributed by atoms with Crippen molar-refractivity contribution >= 4 is 11.9 Å². The molecule has 0 aromatic heterocycles. The van der Waals surface area contributed by atoms with E-state index in [9.17, 15) is 9.59 Å². The average Bonchev–Trinajstić information content (AvgIpc) is 2.22. The second kappa shape index (κ2) is 7.03. The van der Waals surface area contributed by atoms with Crippen molar-refractivity contribution in [2.24, 2.45) is 0 Å². The monoisotopic (exact) mass is 240 g/mol. The maximum Gasteiger partial charge on any atom is 0.321 e. The van der Waals surface area contributed by atoms with E-state index in [4.69, 9.17) is 0 Å². The fourth-order valence-corrected chi connectivity index (χ4v) is 1.59. The Bertz CT molecular complexity index is 289. The van der Waals surface area contributed by atoms with Crippen molar-refractivity contribution in [2.45, 2.75) is 13.0 Å². The quantitative estimate of drug-likeness (QED) is 0.536. The van der Waals surface area contributed by atoms with Gasteiger partial charge in [-0.05, 0) is 6.54 Å². The zero-order valence-corrected chi connectivity index (χ0v) is 10.2. The Morgan fingerprint density at radius 1 is 1.53 bits per heavy atom. The first-order chi connectivity index (χ1) is 8.17. The van der Waals surface area contributed by atoms with Gasteiger partial charge in [-0.15, -0.1) is 6.58 Å². The van der Waals surface area contributed by atoms with Crippen molar-refractivity contribution in [1.82, 2.24) is 20.9 Å². The predicted molar refractivity (Wildman–Crippen MR) is 65.6 cm³/mol. The number of rotatable bonds is 6. The maximum absolute atomic E-state index is 11.6. The largest absolute Gasteiger partial charge is 0.334 e. The molecule has 0 radical (unpaired) electrons. The lowest BCUT2D eigenvalue weighted by molar-refractivity contribution is -0.121. The highest BCUT2D eigenvalue weighted by molar-refractivity contribution is 5.95. The minimum absolute atomic E-state index is 0.254. The van der Waals surface area contributed by atoms with E-state index in [0.29, 0.717) is 12.6 Å². The summed E-state index contributed by atoms with van der Waals surface area (Å²) < 4.78 is 0. The van der Waals surface area contributed by atoms with Crippen LogP contribution >= 0.6 is 0 Å². The van der Waals surface area contributed by atoms with Crippen LogP contribution in [0.4, 0.5) is 4.79 Å². The normalized spacial score (nSPS) is 15.2. The van der Waals surface area contributed by atoms with Crippen LogP contribution in [0.2, 0.25) is 0 Å². The maximum atomic E-state index is 11.6. The molecule has 1 aliphatic rings. The van der Waals surface area contributed by atoms with Gasteiger partial charge in [0.05, 0.1) is 6.54 Å². The van der Waals surface area contributed by atoms with Crippen molar-refractivity contribution in [3.8, 4) is 0 Å². The SMILES string of the molecule is C=CCNC(=O)NC(=O)CN(CC)C1CNC1. The Kier molecular flexibility index (Phi) is 5.65. The summed E-state index contributed by atoms with van der Waals surface area (Å²) in [5.74, 6) is -0.277. The summed E-state index contributed by atoms with van der Waals surface area (Å²) in [7, 11) is 0. The van der Waals surface area contributed by atoms with Gasteiger partial charge in [-0.1, -0.05) is 13.0 Å². The summed E-state index contributed by atoms with van der Waals surface area (Å²) in [6.07, 6.45) is 1.56. The summed E-state index contributed by atoms with van der Waals surface area (Å²) in [5, 5.41) is 7.93. The Balaban J connectivity index is 2.26. The Labute approximate surface area is 101 Å². The number of hydrogen-bond donors (Lipinski definition) is 3. The number of amides is 3. The lowest BCUT2D eigenvalue weighted by Crippen LogP contribution is -2.59. The third-order valence-corrected chi connectivity index (χ3v) is 2.69. The van der Waals surface area contributed by atoms with Crippen molar-refractivity contribution in [1.29, 1.82) is 0 Å². The lowest BCUT2D eigenvalue weighted by Gasteiger charge is -2.37. The molecule has 3 N–H and O–H groups in total. The average molecular weight is 240 g/mol. The molecule has 0 aromatic rings. The van der Waals surface area contributed by atoms with Gasteiger partial charge in [0.25, 0.3) is 0 Å². The Morgan fingerprint density at radius 3 is 2.71 bits per heavy atom. The van der Waals surface area contributed by atoms with Gasteiger partial charge in [0, 0.05) is 25.7 Å². The van der Waals surface area contributed by atoms with Crippen LogP contribution in [-0.4, -0.2) is 55.6 Å². The summed E-state index contributed by atoms with van der Waals surface area (Å²) >= 11 is 0. The fourth-order valence-electron chi connectivity index (χ4n) is 1.59. The van der Waals surface area contributed by atoms with E-state index >= 15 is 0 Å². The highest BCUT2D eigenvalue weighted by Crippen LogP contribution is 2.03. The van der Waals surface area contributed by atoms with Gasteiger partial charge in [-0.3, -0.25) is 15.0 Å².